The van der Waals surface area contributed by atoms with Crippen LogP contribution in [0.25, 0.3) is 0 Å². The van der Waals surface area contributed by atoms with Gasteiger partial charge in [0.1, 0.15) is 0 Å². The number of morpholine rings is 1. The van der Waals surface area contributed by atoms with E-state index >= 15 is 0 Å². The van der Waals surface area contributed by atoms with Crippen LogP contribution in [0, 0.1) is 0 Å². The van der Waals surface area contributed by atoms with Gasteiger partial charge in [0.2, 0.25) is 0 Å². The molecule has 6 nitrogen and oxygen atoms in total. The number of carbonyl (C=O) groups excluding carboxylic acids is 1. The standard InChI is InChI=1S/C10H20N4O2/c1-12-4-3-10(7-12)8-14(5-6-16-10)9(15)13(2)11/h3-8,11H2,1-2H3. The SMILES string of the molecule is CN1CCC2(C1)CN(C(=O)N(C)N)CCO2. The van der Waals surface area contributed by atoms with E-state index in [-0.39, 0.29) is 11.6 Å². The summed E-state index contributed by atoms with van der Waals surface area (Å²) < 4.78 is 5.86. The van der Waals surface area contributed by atoms with Crippen LogP contribution >= 0.6 is 0 Å². The number of urea groups is 1. The van der Waals surface area contributed by atoms with Crippen LogP contribution < -0.4 is 5.84 Å². The zero-order valence-electron chi connectivity index (χ0n) is 9.98. The first-order valence-electron chi connectivity index (χ1n) is 5.62. The Hall–Kier alpha value is -0.850. The Morgan fingerprint density at radius 1 is 1.44 bits per heavy atom. The van der Waals surface area contributed by atoms with Crippen molar-refractivity contribution in [3.8, 4) is 0 Å². The first-order valence-corrected chi connectivity index (χ1v) is 5.62. The predicted octanol–water partition coefficient (Wildman–Crippen LogP) is -0.682. The molecule has 0 bridgehead atoms. The molecule has 0 aromatic carbocycles. The summed E-state index contributed by atoms with van der Waals surface area (Å²) in [5, 5.41) is 1.14. The summed E-state index contributed by atoms with van der Waals surface area (Å²) in [6, 6.07) is -0.128. The van der Waals surface area contributed by atoms with Crippen LogP contribution in [0.5, 0.6) is 0 Å². The number of rotatable bonds is 0. The topological polar surface area (TPSA) is 62.0 Å². The molecule has 92 valence electrons. The highest BCUT2D eigenvalue weighted by atomic mass is 16.5. The van der Waals surface area contributed by atoms with Crippen LogP contribution in [0.1, 0.15) is 6.42 Å². The minimum absolute atomic E-state index is 0.128. The van der Waals surface area contributed by atoms with Gasteiger partial charge < -0.3 is 14.5 Å². The van der Waals surface area contributed by atoms with E-state index in [4.69, 9.17) is 10.6 Å². The Labute approximate surface area is 95.9 Å². The number of hydrogen-bond acceptors (Lipinski definition) is 4. The van der Waals surface area contributed by atoms with Crippen molar-refractivity contribution in [2.45, 2.75) is 12.0 Å². The second-order valence-corrected chi connectivity index (χ2v) is 4.83. The van der Waals surface area contributed by atoms with Crippen molar-refractivity contribution in [3.05, 3.63) is 0 Å². The van der Waals surface area contributed by atoms with Crippen LogP contribution in [0.15, 0.2) is 0 Å². The molecule has 1 atom stereocenters. The number of ether oxygens (including phenoxy) is 1. The summed E-state index contributed by atoms with van der Waals surface area (Å²) in [4.78, 5) is 15.8. The summed E-state index contributed by atoms with van der Waals surface area (Å²) in [6.07, 6.45) is 0.988. The number of amides is 2. The zero-order chi connectivity index (χ0) is 11.8. The molecule has 2 heterocycles. The molecular weight excluding hydrogens is 208 g/mol. The maximum Gasteiger partial charge on any atom is 0.334 e. The number of hydrazine groups is 1. The Bertz CT molecular complexity index is 280. The maximum absolute atomic E-state index is 11.8. The third kappa shape index (κ3) is 2.14. The Morgan fingerprint density at radius 2 is 2.19 bits per heavy atom. The molecule has 0 aliphatic carbocycles. The second kappa shape index (κ2) is 4.20. The fourth-order valence-electron chi connectivity index (χ4n) is 2.52. The molecule has 1 unspecified atom stereocenters. The minimum atomic E-state index is -0.168. The van der Waals surface area contributed by atoms with Gasteiger partial charge in [-0.1, -0.05) is 0 Å². The molecule has 2 amide bonds. The highest BCUT2D eigenvalue weighted by Crippen LogP contribution is 2.28. The lowest BCUT2D eigenvalue weighted by molar-refractivity contribution is -0.0907. The number of likely N-dealkylation sites (N-methyl/N-ethyl adjacent to an activating group) is 1. The average Bonchev–Trinajstić information content (AvgIpc) is 2.58. The van der Waals surface area contributed by atoms with E-state index in [0.717, 1.165) is 24.5 Å². The molecule has 2 aliphatic rings. The molecule has 0 saturated carbocycles. The highest BCUT2D eigenvalue weighted by molar-refractivity contribution is 5.73. The van der Waals surface area contributed by atoms with Gasteiger partial charge in [0, 0.05) is 26.7 Å². The van der Waals surface area contributed by atoms with Gasteiger partial charge in [0.15, 0.2) is 0 Å². The number of carbonyl (C=O) groups is 1. The molecule has 2 N–H and O–H groups in total. The Kier molecular flexibility index (Phi) is 3.05. The molecule has 2 fully saturated rings. The molecule has 2 aliphatic heterocycles. The lowest BCUT2D eigenvalue weighted by Crippen LogP contribution is -2.57. The van der Waals surface area contributed by atoms with Gasteiger partial charge in [-0.15, -0.1) is 0 Å². The summed E-state index contributed by atoms with van der Waals surface area (Å²) in [5.41, 5.74) is -0.168. The van der Waals surface area contributed by atoms with E-state index in [9.17, 15) is 4.79 Å². The van der Waals surface area contributed by atoms with E-state index in [1.807, 2.05) is 0 Å². The van der Waals surface area contributed by atoms with Crippen LogP contribution in [0.2, 0.25) is 0 Å². The molecular formula is C10H20N4O2. The molecule has 6 heteroatoms. The lowest BCUT2D eigenvalue weighted by atomic mass is 10.0. The lowest BCUT2D eigenvalue weighted by Gasteiger charge is -2.40. The fraction of sp³-hybridized carbons (Fsp3) is 0.900. The van der Waals surface area contributed by atoms with E-state index in [1.54, 1.807) is 11.9 Å². The molecule has 0 radical (unpaired) electrons. The Morgan fingerprint density at radius 3 is 2.75 bits per heavy atom. The normalized spacial score (nSPS) is 31.1. The highest BCUT2D eigenvalue weighted by Gasteiger charge is 2.43. The number of nitrogens with zero attached hydrogens (tertiary/aromatic N) is 3. The monoisotopic (exact) mass is 228 g/mol. The van der Waals surface area contributed by atoms with Gasteiger partial charge in [0.25, 0.3) is 0 Å². The zero-order valence-corrected chi connectivity index (χ0v) is 9.98. The van der Waals surface area contributed by atoms with Crippen LogP contribution in [-0.2, 0) is 4.74 Å². The van der Waals surface area contributed by atoms with Crippen molar-refractivity contribution in [1.29, 1.82) is 0 Å². The molecule has 2 rings (SSSR count). The summed E-state index contributed by atoms with van der Waals surface area (Å²) in [5.74, 6) is 5.47. The van der Waals surface area contributed by atoms with Gasteiger partial charge in [-0.2, -0.15) is 0 Å². The minimum Gasteiger partial charge on any atom is -0.370 e. The first kappa shape index (κ1) is 11.6. The summed E-state index contributed by atoms with van der Waals surface area (Å²) in [7, 11) is 3.65. The molecule has 0 aromatic heterocycles. The van der Waals surface area contributed by atoms with E-state index in [0.29, 0.717) is 19.7 Å². The van der Waals surface area contributed by atoms with Crippen molar-refractivity contribution in [2.75, 3.05) is 46.9 Å². The average molecular weight is 228 g/mol. The van der Waals surface area contributed by atoms with Gasteiger partial charge in [-0.3, -0.25) is 5.01 Å². The van der Waals surface area contributed by atoms with Gasteiger partial charge in [-0.25, -0.2) is 10.6 Å². The van der Waals surface area contributed by atoms with Crippen LogP contribution in [0.3, 0.4) is 0 Å². The fourth-order valence-corrected chi connectivity index (χ4v) is 2.52. The van der Waals surface area contributed by atoms with Gasteiger partial charge >= 0.3 is 6.03 Å². The van der Waals surface area contributed by atoms with E-state index in [2.05, 4.69) is 11.9 Å². The van der Waals surface area contributed by atoms with Crippen molar-refractivity contribution in [3.63, 3.8) is 0 Å². The molecule has 1 spiro atoms. The summed E-state index contributed by atoms with van der Waals surface area (Å²) in [6.45, 7) is 3.81. The molecule has 2 saturated heterocycles. The Balaban J connectivity index is 2.02. The van der Waals surface area contributed by atoms with Crippen molar-refractivity contribution in [1.82, 2.24) is 14.8 Å². The van der Waals surface area contributed by atoms with Crippen LogP contribution in [0.4, 0.5) is 4.79 Å². The largest absolute Gasteiger partial charge is 0.370 e. The first-order chi connectivity index (χ1) is 7.52. The van der Waals surface area contributed by atoms with Crippen molar-refractivity contribution in [2.24, 2.45) is 5.84 Å². The quantitative estimate of drug-likeness (QED) is 0.339. The number of nitrogens with two attached hydrogens (primary N) is 1. The predicted molar refractivity (Wildman–Crippen MR) is 59.7 cm³/mol. The van der Waals surface area contributed by atoms with Gasteiger partial charge in [0.05, 0.1) is 18.8 Å². The van der Waals surface area contributed by atoms with E-state index in [1.165, 1.54) is 0 Å². The molecule has 16 heavy (non-hydrogen) atoms. The number of hydrogen-bond donors (Lipinski definition) is 1. The van der Waals surface area contributed by atoms with Crippen molar-refractivity contribution >= 4 is 6.03 Å². The third-order valence-electron chi connectivity index (χ3n) is 3.33. The smallest absolute Gasteiger partial charge is 0.334 e. The summed E-state index contributed by atoms with van der Waals surface area (Å²) >= 11 is 0. The van der Waals surface area contributed by atoms with Gasteiger partial charge in [-0.05, 0) is 13.5 Å². The van der Waals surface area contributed by atoms with Crippen LogP contribution in [-0.4, -0.2) is 73.3 Å². The second-order valence-electron chi connectivity index (χ2n) is 4.83. The molecule has 0 aromatic rings. The maximum atomic E-state index is 11.8. The van der Waals surface area contributed by atoms with Crippen molar-refractivity contribution < 1.29 is 9.53 Å². The third-order valence-corrected chi connectivity index (χ3v) is 3.33. The van der Waals surface area contributed by atoms with E-state index < -0.39 is 0 Å². The number of likely N-dealkylation sites (tertiary alicyclic amines) is 1.